The molecule has 0 bridgehead atoms. The van der Waals surface area contributed by atoms with Crippen LogP contribution in [-0.2, 0) is 12.8 Å². The SMILES string of the molecule is CCc1cc2cncnc2nc1CC. The normalized spacial score (nSPS) is 10.7. The third kappa shape index (κ3) is 1.45. The number of fused-ring (bicyclic) bond motifs is 1. The second-order valence-electron chi connectivity index (χ2n) is 3.24. The summed E-state index contributed by atoms with van der Waals surface area (Å²) in [5.41, 5.74) is 3.25. The van der Waals surface area contributed by atoms with E-state index in [0.717, 1.165) is 29.6 Å². The van der Waals surface area contributed by atoms with Crippen molar-refractivity contribution in [1.29, 1.82) is 0 Å². The molecule has 14 heavy (non-hydrogen) atoms. The molecule has 0 aromatic carbocycles. The van der Waals surface area contributed by atoms with E-state index in [0.29, 0.717) is 0 Å². The van der Waals surface area contributed by atoms with E-state index in [1.54, 1.807) is 6.33 Å². The second-order valence-corrected chi connectivity index (χ2v) is 3.24. The monoisotopic (exact) mass is 187 g/mol. The highest BCUT2D eigenvalue weighted by molar-refractivity contribution is 5.74. The Morgan fingerprint density at radius 1 is 1.21 bits per heavy atom. The first-order chi connectivity index (χ1) is 6.85. The molecule has 0 aliphatic carbocycles. The van der Waals surface area contributed by atoms with Gasteiger partial charge in [-0.3, -0.25) is 0 Å². The Balaban J connectivity index is 2.69. The molecule has 0 fully saturated rings. The predicted molar refractivity (Wildman–Crippen MR) is 56.1 cm³/mol. The minimum absolute atomic E-state index is 0.800. The molecule has 0 aliphatic heterocycles. The van der Waals surface area contributed by atoms with Crippen LogP contribution in [-0.4, -0.2) is 15.0 Å². The summed E-state index contributed by atoms with van der Waals surface area (Å²) in [5.74, 6) is 0. The van der Waals surface area contributed by atoms with E-state index >= 15 is 0 Å². The van der Waals surface area contributed by atoms with E-state index in [9.17, 15) is 0 Å². The highest BCUT2D eigenvalue weighted by atomic mass is 14.9. The summed E-state index contributed by atoms with van der Waals surface area (Å²) in [4.78, 5) is 12.6. The van der Waals surface area contributed by atoms with E-state index in [4.69, 9.17) is 0 Å². The molecule has 0 saturated carbocycles. The first-order valence-corrected chi connectivity index (χ1v) is 4.93. The molecular formula is C11H13N3. The number of hydrogen-bond donors (Lipinski definition) is 0. The molecule has 2 aromatic rings. The summed E-state index contributed by atoms with van der Waals surface area (Å²) < 4.78 is 0. The first-order valence-electron chi connectivity index (χ1n) is 4.93. The van der Waals surface area contributed by atoms with Crippen LogP contribution in [0.2, 0.25) is 0 Å². The molecule has 0 amide bonds. The van der Waals surface area contributed by atoms with Crippen molar-refractivity contribution in [3.63, 3.8) is 0 Å². The van der Waals surface area contributed by atoms with Gasteiger partial charge in [0.1, 0.15) is 6.33 Å². The van der Waals surface area contributed by atoms with Crippen molar-refractivity contribution in [2.45, 2.75) is 26.7 Å². The van der Waals surface area contributed by atoms with Gasteiger partial charge < -0.3 is 0 Å². The van der Waals surface area contributed by atoms with Crippen LogP contribution in [0.4, 0.5) is 0 Å². The lowest BCUT2D eigenvalue weighted by molar-refractivity contribution is 0.971. The summed E-state index contributed by atoms with van der Waals surface area (Å²) in [6, 6.07) is 2.14. The maximum absolute atomic E-state index is 4.51. The number of pyridine rings is 1. The van der Waals surface area contributed by atoms with Gasteiger partial charge >= 0.3 is 0 Å². The minimum atomic E-state index is 0.800. The largest absolute Gasteiger partial charge is 0.244 e. The Hall–Kier alpha value is -1.51. The zero-order valence-corrected chi connectivity index (χ0v) is 8.49. The van der Waals surface area contributed by atoms with Gasteiger partial charge in [-0.1, -0.05) is 13.8 Å². The smallest absolute Gasteiger partial charge is 0.162 e. The lowest BCUT2D eigenvalue weighted by Crippen LogP contribution is -1.97. The van der Waals surface area contributed by atoms with Crippen LogP contribution in [0.1, 0.15) is 25.1 Å². The lowest BCUT2D eigenvalue weighted by Gasteiger charge is -2.05. The van der Waals surface area contributed by atoms with E-state index in [2.05, 4.69) is 34.9 Å². The Labute approximate surface area is 83.2 Å². The molecule has 0 radical (unpaired) electrons. The second kappa shape index (κ2) is 3.70. The van der Waals surface area contributed by atoms with Crippen molar-refractivity contribution in [3.05, 3.63) is 29.8 Å². The third-order valence-corrected chi connectivity index (χ3v) is 2.38. The summed E-state index contributed by atoms with van der Waals surface area (Å²) in [6.45, 7) is 4.26. The minimum Gasteiger partial charge on any atom is -0.244 e. The summed E-state index contributed by atoms with van der Waals surface area (Å²) in [6.07, 6.45) is 5.33. The zero-order chi connectivity index (χ0) is 9.97. The molecule has 0 saturated heterocycles. The van der Waals surface area contributed by atoms with Crippen molar-refractivity contribution in [2.24, 2.45) is 0 Å². The van der Waals surface area contributed by atoms with Crippen LogP contribution >= 0.6 is 0 Å². The standard InChI is InChI=1S/C11H13N3/c1-3-8-5-9-6-12-7-13-11(9)14-10(8)4-2/h5-7H,3-4H2,1-2H3. The maximum atomic E-state index is 4.51. The molecule has 2 heterocycles. The van der Waals surface area contributed by atoms with E-state index in [-0.39, 0.29) is 0 Å². The Kier molecular flexibility index (Phi) is 2.39. The lowest BCUT2D eigenvalue weighted by atomic mass is 10.1. The molecule has 0 unspecified atom stereocenters. The van der Waals surface area contributed by atoms with Gasteiger partial charge in [-0.25, -0.2) is 15.0 Å². The molecule has 0 N–H and O–H groups in total. The fourth-order valence-electron chi connectivity index (χ4n) is 1.61. The van der Waals surface area contributed by atoms with Gasteiger partial charge in [0.05, 0.1) is 0 Å². The molecule has 3 nitrogen and oxygen atoms in total. The average molecular weight is 187 g/mol. The average Bonchev–Trinajstić information content (AvgIpc) is 2.27. The first kappa shape index (κ1) is 9.06. The maximum Gasteiger partial charge on any atom is 0.162 e. The Morgan fingerprint density at radius 2 is 2.07 bits per heavy atom. The fourth-order valence-corrected chi connectivity index (χ4v) is 1.61. The van der Waals surface area contributed by atoms with Gasteiger partial charge in [0.2, 0.25) is 0 Å². The van der Waals surface area contributed by atoms with E-state index in [1.807, 2.05) is 6.20 Å². The Bertz CT molecular complexity index is 409. The number of nitrogens with zero attached hydrogens (tertiary/aromatic N) is 3. The highest BCUT2D eigenvalue weighted by Crippen LogP contribution is 2.14. The molecule has 2 rings (SSSR count). The van der Waals surface area contributed by atoms with Gasteiger partial charge in [-0.15, -0.1) is 0 Å². The molecule has 3 heteroatoms. The fraction of sp³-hybridized carbons (Fsp3) is 0.364. The topological polar surface area (TPSA) is 38.7 Å². The van der Waals surface area contributed by atoms with Crippen LogP contribution in [0.5, 0.6) is 0 Å². The van der Waals surface area contributed by atoms with Crippen LogP contribution in [0, 0.1) is 0 Å². The summed E-state index contributed by atoms with van der Waals surface area (Å²) in [7, 11) is 0. The number of aryl methyl sites for hydroxylation is 2. The van der Waals surface area contributed by atoms with Crippen LogP contribution in [0.3, 0.4) is 0 Å². The molecule has 2 aromatic heterocycles. The molecule has 0 atom stereocenters. The highest BCUT2D eigenvalue weighted by Gasteiger charge is 2.03. The van der Waals surface area contributed by atoms with Crippen LogP contribution in [0.25, 0.3) is 11.0 Å². The quantitative estimate of drug-likeness (QED) is 0.723. The van der Waals surface area contributed by atoms with Gasteiger partial charge in [0, 0.05) is 17.3 Å². The number of rotatable bonds is 2. The van der Waals surface area contributed by atoms with Gasteiger partial charge in [0.15, 0.2) is 5.65 Å². The van der Waals surface area contributed by atoms with Crippen molar-refractivity contribution in [3.8, 4) is 0 Å². The zero-order valence-electron chi connectivity index (χ0n) is 8.49. The summed E-state index contributed by atoms with van der Waals surface area (Å²) >= 11 is 0. The third-order valence-electron chi connectivity index (χ3n) is 2.38. The summed E-state index contributed by atoms with van der Waals surface area (Å²) in [5, 5.41) is 1.03. The van der Waals surface area contributed by atoms with E-state index in [1.165, 1.54) is 5.56 Å². The molecular weight excluding hydrogens is 174 g/mol. The number of hydrogen-bond acceptors (Lipinski definition) is 3. The molecule has 0 spiro atoms. The predicted octanol–water partition coefficient (Wildman–Crippen LogP) is 2.15. The molecule has 0 aliphatic rings. The van der Waals surface area contributed by atoms with Crippen LogP contribution in [0.15, 0.2) is 18.6 Å². The number of aromatic nitrogens is 3. The van der Waals surface area contributed by atoms with Crippen molar-refractivity contribution < 1.29 is 0 Å². The van der Waals surface area contributed by atoms with Crippen LogP contribution < -0.4 is 0 Å². The van der Waals surface area contributed by atoms with E-state index < -0.39 is 0 Å². The van der Waals surface area contributed by atoms with Gasteiger partial charge in [-0.2, -0.15) is 0 Å². The van der Waals surface area contributed by atoms with Gasteiger partial charge in [-0.05, 0) is 24.5 Å². The van der Waals surface area contributed by atoms with Gasteiger partial charge in [0.25, 0.3) is 0 Å². The van der Waals surface area contributed by atoms with Crippen molar-refractivity contribution >= 4 is 11.0 Å². The Morgan fingerprint density at radius 3 is 2.79 bits per heavy atom. The van der Waals surface area contributed by atoms with Crippen molar-refractivity contribution in [1.82, 2.24) is 15.0 Å². The molecule has 72 valence electrons. The van der Waals surface area contributed by atoms with Crippen molar-refractivity contribution in [2.75, 3.05) is 0 Å².